The lowest BCUT2D eigenvalue weighted by Gasteiger charge is -2.08. The van der Waals surface area contributed by atoms with E-state index in [2.05, 4.69) is 14.7 Å². The second-order valence-electron chi connectivity index (χ2n) is 4.50. The third-order valence-corrected chi connectivity index (χ3v) is 3.98. The van der Waals surface area contributed by atoms with E-state index < -0.39 is 12.0 Å². The number of fused-ring (bicyclic) bond motifs is 1. The highest BCUT2D eigenvalue weighted by Crippen LogP contribution is 2.12. The number of nitrogens with zero attached hydrogens (tertiary/aromatic N) is 1. The quantitative estimate of drug-likeness (QED) is 0.611. The summed E-state index contributed by atoms with van der Waals surface area (Å²) < 4.78 is 4.56. The molecule has 0 aliphatic rings. The number of thioether (sulfide) groups is 1. The number of ether oxygens (including phenoxy) is 1. The van der Waals surface area contributed by atoms with Gasteiger partial charge in [0, 0.05) is 0 Å². The van der Waals surface area contributed by atoms with Gasteiger partial charge in [-0.05, 0) is 24.3 Å². The lowest BCUT2D eigenvalue weighted by molar-refractivity contribution is -0.142. The minimum absolute atomic E-state index is 0.137. The van der Waals surface area contributed by atoms with Gasteiger partial charge in [-0.1, -0.05) is 12.1 Å². The van der Waals surface area contributed by atoms with Crippen molar-refractivity contribution in [1.29, 1.82) is 0 Å². The van der Waals surface area contributed by atoms with Crippen molar-refractivity contribution in [2.24, 2.45) is 5.73 Å². The van der Waals surface area contributed by atoms with E-state index in [4.69, 9.17) is 5.73 Å². The van der Waals surface area contributed by atoms with Gasteiger partial charge in [-0.2, -0.15) is 11.8 Å². The first-order valence-electron chi connectivity index (χ1n) is 6.51. The molecular weight excluding hydrogens is 290 g/mol. The molecule has 0 aliphatic heterocycles. The summed E-state index contributed by atoms with van der Waals surface area (Å²) in [5, 5.41) is 0.582. The third kappa shape index (κ3) is 4.05. The molecule has 3 N–H and O–H groups in total. The number of para-hydroxylation sites is 1. The first-order chi connectivity index (χ1) is 10.1. The summed E-state index contributed by atoms with van der Waals surface area (Å²) in [6.45, 7) is 0. The lowest BCUT2D eigenvalue weighted by atomic mass is 10.2. The first-order valence-corrected chi connectivity index (χ1v) is 7.66. The van der Waals surface area contributed by atoms with Crippen LogP contribution in [0.3, 0.4) is 0 Å². The Balaban J connectivity index is 1.92. The summed E-state index contributed by atoms with van der Waals surface area (Å²) in [6.07, 6.45) is 0.523. The van der Waals surface area contributed by atoms with Crippen molar-refractivity contribution in [3.8, 4) is 0 Å². The number of methoxy groups -OCH3 is 1. The van der Waals surface area contributed by atoms with E-state index in [1.54, 1.807) is 17.8 Å². The van der Waals surface area contributed by atoms with Crippen molar-refractivity contribution < 1.29 is 9.53 Å². The van der Waals surface area contributed by atoms with Crippen LogP contribution in [0.15, 0.2) is 29.1 Å². The van der Waals surface area contributed by atoms with Gasteiger partial charge in [-0.15, -0.1) is 0 Å². The summed E-state index contributed by atoms with van der Waals surface area (Å²) in [6, 6.07) is 6.61. The normalized spacial score (nSPS) is 12.3. The maximum absolute atomic E-state index is 11.9. The minimum Gasteiger partial charge on any atom is -0.468 e. The van der Waals surface area contributed by atoms with Gasteiger partial charge in [0.05, 0.1) is 23.8 Å². The maximum Gasteiger partial charge on any atom is 0.322 e. The Labute approximate surface area is 126 Å². The topological polar surface area (TPSA) is 98.1 Å². The van der Waals surface area contributed by atoms with Gasteiger partial charge in [-0.3, -0.25) is 9.59 Å². The average Bonchev–Trinajstić information content (AvgIpc) is 2.50. The van der Waals surface area contributed by atoms with Crippen molar-refractivity contribution in [2.75, 3.05) is 12.9 Å². The van der Waals surface area contributed by atoms with Crippen LogP contribution in [0.2, 0.25) is 0 Å². The molecule has 1 unspecified atom stereocenters. The van der Waals surface area contributed by atoms with Crippen molar-refractivity contribution >= 4 is 28.6 Å². The molecule has 112 valence electrons. The van der Waals surface area contributed by atoms with Gasteiger partial charge >= 0.3 is 5.97 Å². The van der Waals surface area contributed by atoms with Crippen LogP contribution in [0.1, 0.15) is 12.2 Å². The highest BCUT2D eigenvalue weighted by molar-refractivity contribution is 7.98. The minimum atomic E-state index is -0.605. The number of carbonyl (C=O) groups is 1. The Morgan fingerprint density at radius 1 is 1.48 bits per heavy atom. The average molecular weight is 307 g/mol. The number of hydrogen-bond donors (Lipinski definition) is 2. The summed E-state index contributed by atoms with van der Waals surface area (Å²) >= 11 is 1.56. The molecule has 1 atom stereocenters. The van der Waals surface area contributed by atoms with E-state index in [1.165, 1.54) is 7.11 Å². The second kappa shape index (κ2) is 7.24. The Morgan fingerprint density at radius 2 is 2.24 bits per heavy atom. The van der Waals surface area contributed by atoms with Crippen LogP contribution >= 0.6 is 11.8 Å². The largest absolute Gasteiger partial charge is 0.468 e. The molecule has 1 aromatic carbocycles. The van der Waals surface area contributed by atoms with Crippen molar-refractivity contribution in [3.63, 3.8) is 0 Å². The van der Waals surface area contributed by atoms with Gasteiger partial charge in [0.2, 0.25) is 0 Å². The van der Waals surface area contributed by atoms with E-state index in [0.717, 1.165) is 0 Å². The number of carbonyl (C=O) groups excluding carboxylic acids is 1. The first kappa shape index (κ1) is 15.5. The van der Waals surface area contributed by atoms with Crippen molar-refractivity contribution in [2.45, 2.75) is 18.2 Å². The SMILES string of the molecule is COC(=O)C(N)CCSCc1nc2ccccc2c(=O)[nH]1. The summed E-state index contributed by atoms with van der Waals surface area (Å²) in [5.74, 6) is 1.46. The van der Waals surface area contributed by atoms with Crippen LogP contribution in [0.4, 0.5) is 0 Å². The number of nitrogens with two attached hydrogens (primary N) is 1. The third-order valence-electron chi connectivity index (χ3n) is 2.98. The van der Waals surface area contributed by atoms with Crippen LogP contribution in [0.25, 0.3) is 10.9 Å². The van der Waals surface area contributed by atoms with Gasteiger partial charge in [0.15, 0.2) is 0 Å². The molecule has 2 aromatic rings. The van der Waals surface area contributed by atoms with E-state index in [-0.39, 0.29) is 5.56 Å². The maximum atomic E-state index is 11.9. The van der Waals surface area contributed by atoms with Gasteiger partial charge < -0.3 is 15.5 Å². The number of nitrogens with one attached hydrogen (secondary N) is 1. The number of hydrogen-bond acceptors (Lipinski definition) is 6. The number of H-pyrrole nitrogens is 1. The Hall–Kier alpha value is -1.86. The van der Waals surface area contributed by atoms with Gasteiger partial charge in [-0.25, -0.2) is 4.98 Å². The molecule has 2 rings (SSSR count). The molecule has 1 heterocycles. The van der Waals surface area contributed by atoms with Crippen LogP contribution in [0, 0.1) is 0 Å². The molecule has 0 saturated heterocycles. The summed E-state index contributed by atoms with van der Waals surface area (Å²) in [5.41, 5.74) is 6.19. The molecule has 0 spiro atoms. The molecule has 0 bridgehead atoms. The number of esters is 1. The second-order valence-corrected chi connectivity index (χ2v) is 5.61. The molecule has 0 fully saturated rings. The van der Waals surface area contributed by atoms with Crippen molar-refractivity contribution in [3.05, 3.63) is 40.4 Å². The fourth-order valence-corrected chi connectivity index (χ4v) is 2.75. The van der Waals surface area contributed by atoms with Gasteiger partial charge in [0.25, 0.3) is 5.56 Å². The molecule has 0 amide bonds. The zero-order chi connectivity index (χ0) is 15.2. The monoisotopic (exact) mass is 307 g/mol. The molecule has 0 saturated carbocycles. The number of aromatic nitrogens is 2. The van der Waals surface area contributed by atoms with Gasteiger partial charge in [0.1, 0.15) is 11.9 Å². The predicted octanol–water partition coefficient (Wildman–Crippen LogP) is 1.05. The molecule has 6 nitrogen and oxygen atoms in total. The smallest absolute Gasteiger partial charge is 0.322 e. The molecule has 0 radical (unpaired) electrons. The Morgan fingerprint density at radius 3 is 3.00 bits per heavy atom. The van der Waals surface area contributed by atoms with E-state index in [9.17, 15) is 9.59 Å². The molecule has 1 aromatic heterocycles. The highest BCUT2D eigenvalue weighted by atomic mass is 32.2. The number of aromatic amines is 1. The van der Waals surface area contributed by atoms with Crippen LogP contribution in [0.5, 0.6) is 0 Å². The van der Waals surface area contributed by atoms with Crippen LogP contribution in [-0.4, -0.2) is 34.8 Å². The highest BCUT2D eigenvalue weighted by Gasteiger charge is 2.13. The van der Waals surface area contributed by atoms with Crippen LogP contribution in [-0.2, 0) is 15.3 Å². The fourth-order valence-electron chi connectivity index (χ4n) is 1.85. The molecular formula is C14H17N3O3S. The Kier molecular flexibility index (Phi) is 5.35. The standard InChI is InChI=1S/C14H17N3O3S/c1-20-14(19)10(15)6-7-21-8-12-16-11-5-3-2-4-9(11)13(18)17-12/h2-5,10H,6-8,15H2,1H3,(H,16,17,18). The molecule has 0 aliphatic carbocycles. The zero-order valence-electron chi connectivity index (χ0n) is 11.7. The molecule has 7 heteroatoms. The van der Waals surface area contributed by atoms with Crippen molar-refractivity contribution in [1.82, 2.24) is 9.97 Å². The summed E-state index contributed by atoms with van der Waals surface area (Å²) in [7, 11) is 1.32. The van der Waals surface area contributed by atoms with E-state index >= 15 is 0 Å². The Bertz CT molecular complexity index is 686. The number of benzene rings is 1. The predicted molar refractivity (Wildman–Crippen MR) is 83.1 cm³/mol. The summed E-state index contributed by atoms with van der Waals surface area (Å²) in [4.78, 5) is 30.2. The fraction of sp³-hybridized carbons (Fsp3) is 0.357. The zero-order valence-corrected chi connectivity index (χ0v) is 12.5. The number of rotatable bonds is 6. The molecule has 21 heavy (non-hydrogen) atoms. The van der Waals surface area contributed by atoms with Crippen LogP contribution < -0.4 is 11.3 Å². The lowest BCUT2D eigenvalue weighted by Crippen LogP contribution is -2.32. The van der Waals surface area contributed by atoms with E-state index in [1.807, 2.05) is 18.2 Å². The van der Waals surface area contributed by atoms with E-state index in [0.29, 0.717) is 34.7 Å².